The first-order valence-electron chi connectivity index (χ1n) is 14.1. The lowest BCUT2D eigenvalue weighted by molar-refractivity contribution is -0.118. The average Bonchev–Trinajstić information content (AvgIpc) is 2.85. The molecule has 5 nitrogen and oxygen atoms in total. The zero-order chi connectivity index (χ0) is 28.2. The number of benzene rings is 2. The first-order chi connectivity index (χ1) is 17.6. The fourth-order valence-corrected chi connectivity index (χ4v) is 3.40. The molecule has 4 N–H and O–H groups in total. The van der Waals surface area contributed by atoms with Crippen LogP contribution in [0.2, 0.25) is 0 Å². The minimum atomic E-state index is -0.0447. The second-order valence-electron chi connectivity index (χ2n) is 10.4. The Morgan fingerprint density at radius 3 is 1.92 bits per heavy atom. The molecule has 2 rings (SSSR count). The van der Waals surface area contributed by atoms with Gasteiger partial charge in [-0.15, -0.1) is 0 Å². The largest absolute Gasteiger partial charge is 0.486 e. The molecule has 37 heavy (non-hydrogen) atoms. The van der Waals surface area contributed by atoms with E-state index in [1.54, 1.807) is 18.2 Å². The lowest BCUT2D eigenvalue weighted by Crippen LogP contribution is -2.06. The van der Waals surface area contributed by atoms with Crippen LogP contribution in [0.4, 0.5) is 5.69 Å². The van der Waals surface area contributed by atoms with Crippen molar-refractivity contribution in [2.75, 3.05) is 12.3 Å². The van der Waals surface area contributed by atoms with Crippen molar-refractivity contribution in [2.45, 2.75) is 107 Å². The van der Waals surface area contributed by atoms with Crippen LogP contribution in [0.25, 0.3) is 0 Å². The molecule has 0 aliphatic rings. The Bertz CT molecular complexity index is 876. The van der Waals surface area contributed by atoms with Crippen molar-refractivity contribution in [3.8, 4) is 17.2 Å². The van der Waals surface area contributed by atoms with E-state index in [0.29, 0.717) is 35.4 Å². The van der Waals surface area contributed by atoms with Gasteiger partial charge in [0.25, 0.3) is 0 Å². The van der Waals surface area contributed by atoms with E-state index in [-0.39, 0.29) is 12.4 Å². The summed E-state index contributed by atoms with van der Waals surface area (Å²) in [5.74, 6) is 3.34. The van der Waals surface area contributed by atoms with Crippen molar-refractivity contribution in [1.82, 2.24) is 0 Å². The molecule has 0 saturated heterocycles. The van der Waals surface area contributed by atoms with E-state index < -0.39 is 0 Å². The predicted octanol–water partition coefficient (Wildman–Crippen LogP) is 8.72. The third kappa shape index (κ3) is 16.8. The minimum absolute atomic E-state index is 0.0256. The molecule has 0 heterocycles. The smallest absolute Gasteiger partial charge is 0.167 e. The van der Waals surface area contributed by atoms with Crippen LogP contribution in [0.5, 0.6) is 17.2 Å². The third-order valence-corrected chi connectivity index (χ3v) is 5.64. The van der Waals surface area contributed by atoms with Gasteiger partial charge in [0, 0.05) is 12.6 Å². The molecule has 210 valence electrons. The van der Waals surface area contributed by atoms with Crippen LogP contribution < -0.4 is 20.9 Å². The van der Waals surface area contributed by atoms with Crippen LogP contribution in [0.15, 0.2) is 36.4 Å². The Kier molecular flexibility index (Phi) is 19.1. The molecule has 2 aromatic rings. The lowest BCUT2D eigenvalue weighted by atomic mass is 9.98. The lowest BCUT2D eigenvalue weighted by Gasteiger charge is -2.14. The molecule has 0 aliphatic heterocycles. The number of rotatable bonds is 13. The monoisotopic (exact) mass is 514 g/mol. The van der Waals surface area contributed by atoms with E-state index in [0.717, 1.165) is 24.3 Å². The van der Waals surface area contributed by atoms with Crippen molar-refractivity contribution in [3.63, 3.8) is 0 Å². The molecule has 0 radical (unpaired) electrons. The number of anilines is 1. The highest BCUT2D eigenvalue weighted by atomic mass is 16.5. The summed E-state index contributed by atoms with van der Waals surface area (Å²) in [5.41, 5.74) is 14.8. The van der Waals surface area contributed by atoms with Crippen molar-refractivity contribution in [1.29, 1.82) is 0 Å². The van der Waals surface area contributed by atoms with E-state index >= 15 is 0 Å². The van der Waals surface area contributed by atoms with Crippen LogP contribution in [-0.4, -0.2) is 12.4 Å². The molecule has 0 spiro atoms. The van der Waals surface area contributed by atoms with Gasteiger partial charge in [0.2, 0.25) is 0 Å². The molecule has 2 aromatic carbocycles. The number of unbranched alkanes of at least 4 members (excludes halogenated alkanes) is 1. The van der Waals surface area contributed by atoms with E-state index in [2.05, 4.69) is 54.5 Å². The number of carbonyl (C=O) groups is 1. The summed E-state index contributed by atoms with van der Waals surface area (Å²) in [6, 6.07) is 11.1. The molecule has 0 bridgehead atoms. The Labute approximate surface area is 227 Å². The standard InChI is InChI=1S/C22H30N2O3.C6H14.C4H10/c1-15(2)5-4-6-17-7-8-20(11-18(17)13-23)27-22-10-9-19(12-21(22)24)26-14-16(3)25;1-4-5-6(2)3;1-3-4-2/h7-12,15H,4-6,13-14,23-24H2,1-3H3;6H,4-5H2,1-3H3;3-4H2,1-2H3. The average molecular weight is 515 g/mol. The maximum absolute atomic E-state index is 11.0. The Balaban J connectivity index is 0.00000110. The number of ether oxygens (including phenoxy) is 2. The van der Waals surface area contributed by atoms with Gasteiger partial charge in [0.1, 0.15) is 18.1 Å². The second-order valence-corrected chi connectivity index (χ2v) is 10.4. The topological polar surface area (TPSA) is 87.6 Å². The normalized spacial score (nSPS) is 10.4. The van der Waals surface area contributed by atoms with E-state index in [9.17, 15) is 4.79 Å². The molecule has 0 amide bonds. The number of hydrogen-bond donors (Lipinski definition) is 2. The van der Waals surface area contributed by atoms with Crippen LogP contribution in [0, 0.1) is 11.8 Å². The van der Waals surface area contributed by atoms with Gasteiger partial charge < -0.3 is 20.9 Å². The summed E-state index contributed by atoms with van der Waals surface area (Å²) in [7, 11) is 0. The molecular weight excluding hydrogens is 460 g/mol. The van der Waals surface area contributed by atoms with Crippen LogP contribution in [0.3, 0.4) is 0 Å². The number of nitrogen functional groups attached to an aromatic ring is 1. The quantitative estimate of drug-likeness (QED) is 0.261. The minimum Gasteiger partial charge on any atom is -0.486 e. The summed E-state index contributed by atoms with van der Waals surface area (Å²) in [5, 5.41) is 0. The van der Waals surface area contributed by atoms with Gasteiger partial charge in [0.15, 0.2) is 11.5 Å². The van der Waals surface area contributed by atoms with Crippen molar-refractivity contribution < 1.29 is 14.3 Å². The number of hydrogen-bond acceptors (Lipinski definition) is 5. The zero-order valence-corrected chi connectivity index (χ0v) is 24.9. The van der Waals surface area contributed by atoms with Crippen LogP contribution >= 0.6 is 0 Å². The highest BCUT2D eigenvalue weighted by Gasteiger charge is 2.08. The summed E-state index contributed by atoms with van der Waals surface area (Å²) >= 11 is 0. The summed E-state index contributed by atoms with van der Waals surface area (Å²) in [6.45, 7) is 17.5. The molecule has 0 fully saturated rings. The fraction of sp³-hybridized carbons (Fsp3) is 0.594. The Morgan fingerprint density at radius 1 is 0.838 bits per heavy atom. The van der Waals surface area contributed by atoms with Crippen molar-refractivity contribution in [2.24, 2.45) is 17.6 Å². The first kappa shape index (κ1) is 34.5. The fourth-order valence-electron chi connectivity index (χ4n) is 3.40. The predicted molar refractivity (Wildman–Crippen MR) is 160 cm³/mol. The summed E-state index contributed by atoms with van der Waals surface area (Å²) in [6.07, 6.45) is 8.73. The van der Waals surface area contributed by atoms with Gasteiger partial charge in [-0.3, -0.25) is 4.79 Å². The Morgan fingerprint density at radius 2 is 1.46 bits per heavy atom. The summed E-state index contributed by atoms with van der Waals surface area (Å²) < 4.78 is 11.3. The third-order valence-electron chi connectivity index (χ3n) is 5.64. The number of nitrogens with two attached hydrogens (primary N) is 2. The van der Waals surface area contributed by atoms with E-state index in [1.165, 1.54) is 44.6 Å². The highest BCUT2D eigenvalue weighted by Crippen LogP contribution is 2.32. The van der Waals surface area contributed by atoms with Gasteiger partial charge >= 0.3 is 0 Å². The van der Waals surface area contributed by atoms with Gasteiger partial charge in [-0.25, -0.2) is 0 Å². The molecule has 0 saturated carbocycles. The SMILES string of the molecule is CC(=O)COc1ccc(Oc2ccc(CCCC(C)C)c(CN)c2)c(N)c1.CCCC.CCCC(C)C. The highest BCUT2D eigenvalue weighted by molar-refractivity contribution is 5.77. The number of ketones is 1. The van der Waals surface area contributed by atoms with E-state index in [4.69, 9.17) is 20.9 Å². The number of Topliss-reactive ketones (excluding diaryl/α,β-unsaturated/α-hetero) is 1. The van der Waals surface area contributed by atoms with Gasteiger partial charge in [-0.05, 0) is 67.0 Å². The van der Waals surface area contributed by atoms with Gasteiger partial charge in [-0.1, -0.05) is 86.6 Å². The van der Waals surface area contributed by atoms with Gasteiger partial charge in [0.05, 0.1) is 5.69 Å². The number of carbonyl (C=O) groups excluding carboxylic acids is 1. The Hall–Kier alpha value is -2.53. The van der Waals surface area contributed by atoms with Gasteiger partial charge in [-0.2, -0.15) is 0 Å². The summed E-state index contributed by atoms with van der Waals surface area (Å²) in [4.78, 5) is 11.0. The zero-order valence-electron chi connectivity index (χ0n) is 24.9. The molecule has 0 unspecified atom stereocenters. The van der Waals surface area contributed by atoms with E-state index in [1.807, 2.05) is 12.1 Å². The molecular formula is C32H54N2O3. The maximum atomic E-state index is 11.0. The molecule has 0 aromatic heterocycles. The van der Waals surface area contributed by atoms with Crippen LogP contribution in [-0.2, 0) is 17.8 Å². The van der Waals surface area contributed by atoms with Crippen molar-refractivity contribution in [3.05, 3.63) is 47.5 Å². The number of aryl methyl sites for hydroxylation is 1. The maximum Gasteiger partial charge on any atom is 0.167 e. The molecule has 5 heteroatoms. The molecule has 0 aliphatic carbocycles. The molecule has 0 atom stereocenters. The second kappa shape index (κ2) is 20.5. The first-order valence-corrected chi connectivity index (χ1v) is 14.1. The van der Waals surface area contributed by atoms with Crippen molar-refractivity contribution >= 4 is 11.5 Å². The van der Waals surface area contributed by atoms with Crippen LogP contribution in [0.1, 0.15) is 105 Å².